The summed E-state index contributed by atoms with van der Waals surface area (Å²) in [6, 6.07) is 4.21. The summed E-state index contributed by atoms with van der Waals surface area (Å²) in [6.07, 6.45) is 1.32. The van der Waals surface area contributed by atoms with Gasteiger partial charge in [-0.25, -0.2) is 0 Å². The van der Waals surface area contributed by atoms with E-state index in [4.69, 9.17) is 9.47 Å². The Labute approximate surface area is 115 Å². The number of ether oxygens (including phenoxy) is 2. The van der Waals surface area contributed by atoms with Crippen LogP contribution in [0.15, 0.2) is 12.1 Å². The fourth-order valence-electron chi connectivity index (χ4n) is 2.27. The van der Waals surface area contributed by atoms with E-state index in [0.29, 0.717) is 13.0 Å². The van der Waals surface area contributed by atoms with E-state index in [9.17, 15) is 4.79 Å². The van der Waals surface area contributed by atoms with Crippen molar-refractivity contribution in [1.29, 1.82) is 0 Å². The van der Waals surface area contributed by atoms with Crippen LogP contribution in [0.3, 0.4) is 0 Å². The van der Waals surface area contributed by atoms with Gasteiger partial charge in [-0.2, -0.15) is 0 Å². The van der Waals surface area contributed by atoms with Gasteiger partial charge in [0.1, 0.15) is 5.75 Å². The van der Waals surface area contributed by atoms with Gasteiger partial charge in [0.15, 0.2) is 0 Å². The Morgan fingerprint density at radius 3 is 2.53 bits per heavy atom. The number of aryl methyl sites for hydroxylation is 2. The summed E-state index contributed by atoms with van der Waals surface area (Å²) in [4.78, 5) is 11.5. The summed E-state index contributed by atoms with van der Waals surface area (Å²) in [5.41, 5.74) is 3.62. The molecular formula is C16H24O3. The average Bonchev–Trinajstić information content (AvgIpc) is 2.32. The standard InChI is InChI=1S/C16H24O3/c1-6-19-16(17)8-11(2)7-14-10-15(18-5)13(4)9-12(14)3/h9-11H,6-8H2,1-5H3. The molecule has 0 radical (unpaired) electrons. The van der Waals surface area contributed by atoms with E-state index >= 15 is 0 Å². The van der Waals surface area contributed by atoms with Gasteiger partial charge < -0.3 is 9.47 Å². The number of rotatable bonds is 6. The van der Waals surface area contributed by atoms with Gasteiger partial charge in [-0.05, 0) is 55.9 Å². The molecule has 0 amide bonds. The molecule has 3 heteroatoms. The first kappa shape index (κ1) is 15.5. The van der Waals surface area contributed by atoms with Crippen molar-refractivity contribution < 1.29 is 14.3 Å². The first-order valence-electron chi connectivity index (χ1n) is 6.77. The molecule has 0 spiro atoms. The van der Waals surface area contributed by atoms with Gasteiger partial charge in [0.05, 0.1) is 13.7 Å². The van der Waals surface area contributed by atoms with E-state index in [1.54, 1.807) is 7.11 Å². The third kappa shape index (κ3) is 4.58. The number of carbonyl (C=O) groups excluding carboxylic acids is 1. The quantitative estimate of drug-likeness (QED) is 0.738. The van der Waals surface area contributed by atoms with Crippen molar-refractivity contribution in [3.63, 3.8) is 0 Å². The van der Waals surface area contributed by atoms with Crippen LogP contribution in [0, 0.1) is 19.8 Å². The van der Waals surface area contributed by atoms with Crippen LogP contribution < -0.4 is 4.74 Å². The number of hydrogen-bond donors (Lipinski definition) is 0. The number of benzene rings is 1. The summed E-state index contributed by atoms with van der Waals surface area (Å²) in [5.74, 6) is 1.06. The lowest BCUT2D eigenvalue weighted by Gasteiger charge is -2.15. The maximum absolute atomic E-state index is 11.5. The molecule has 0 fully saturated rings. The molecule has 106 valence electrons. The van der Waals surface area contributed by atoms with Crippen LogP contribution in [0.5, 0.6) is 5.75 Å². The van der Waals surface area contributed by atoms with Crippen LogP contribution in [-0.4, -0.2) is 19.7 Å². The van der Waals surface area contributed by atoms with Gasteiger partial charge in [-0.1, -0.05) is 13.0 Å². The molecule has 1 atom stereocenters. The molecule has 1 aromatic rings. The molecule has 0 N–H and O–H groups in total. The van der Waals surface area contributed by atoms with Crippen molar-refractivity contribution in [3.8, 4) is 5.75 Å². The van der Waals surface area contributed by atoms with Crippen LogP contribution >= 0.6 is 0 Å². The van der Waals surface area contributed by atoms with E-state index in [2.05, 4.69) is 26.0 Å². The Balaban J connectivity index is 2.73. The Bertz CT molecular complexity index is 438. The predicted octanol–water partition coefficient (Wildman–Crippen LogP) is 3.44. The molecule has 1 unspecified atom stereocenters. The summed E-state index contributed by atoms with van der Waals surface area (Å²) in [6.45, 7) is 8.49. The highest BCUT2D eigenvalue weighted by Crippen LogP contribution is 2.25. The lowest BCUT2D eigenvalue weighted by Crippen LogP contribution is -2.11. The van der Waals surface area contributed by atoms with Gasteiger partial charge in [0, 0.05) is 6.42 Å². The Morgan fingerprint density at radius 1 is 1.26 bits per heavy atom. The molecule has 0 bridgehead atoms. The zero-order valence-corrected chi connectivity index (χ0v) is 12.6. The van der Waals surface area contributed by atoms with Crippen LogP contribution in [-0.2, 0) is 16.0 Å². The highest BCUT2D eigenvalue weighted by atomic mass is 16.5. The molecule has 0 saturated carbocycles. The summed E-state index contributed by atoms with van der Waals surface area (Å²) in [5, 5.41) is 0. The van der Waals surface area contributed by atoms with E-state index in [0.717, 1.165) is 17.7 Å². The zero-order chi connectivity index (χ0) is 14.4. The SMILES string of the molecule is CCOC(=O)CC(C)Cc1cc(OC)c(C)cc1C. The maximum Gasteiger partial charge on any atom is 0.306 e. The van der Waals surface area contributed by atoms with Gasteiger partial charge >= 0.3 is 5.97 Å². The summed E-state index contributed by atoms with van der Waals surface area (Å²) < 4.78 is 10.3. The smallest absolute Gasteiger partial charge is 0.306 e. The Hall–Kier alpha value is -1.51. The van der Waals surface area contributed by atoms with Gasteiger partial charge in [-0.3, -0.25) is 4.79 Å². The topological polar surface area (TPSA) is 35.5 Å². The van der Waals surface area contributed by atoms with Crippen LogP contribution in [0.1, 0.15) is 37.0 Å². The van der Waals surface area contributed by atoms with Crippen LogP contribution in [0.2, 0.25) is 0 Å². The highest BCUT2D eigenvalue weighted by Gasteiger charge is 2.13. The van der Waals surface area contributed by atoms with Crippen molar-refractivity contribution in [2.45, 2.75) is 40.5 Å². The lowest BCUT2D eigenvalue weighted by molar-refractivity contribution is -0.144. The first-order chi connectivity index (χ1) is 8.97. The zero-order valence-electron chi connectivity index (χ0n) is 12.6. The molecule has 1 aromatic carbocycles. The van der Waals surface area contributed by atoms with E-state index < -0.39 is 0 Å². The van der Waals surface area contributed by atoms with E-state index in [-0.39, 0.29) is 11.9 Å². The van der Waals surface area contributed by atoms with E-state index in [1.807, 2.05) is 13.8 Å². The summed E-state index contributed by atoms with van der Waals surface area (Å²) >= 11 is 0. The molecule has 0 heterocycles. The maximum atomic E-state index is 11.5. The molecule has 0 aromatic heterocycles. The van der Waals surface area contributed by atoms with Crippen molar-refractivity contribution in [2.75, 3.05) is 13.7 Å². The monoisotopic (exact) mass is 264 g/mol. The minimum Gasteiger partial charge on any atom is -0.496 e. The van der Waals surface area contributed by atoms with Crippen molar-refractivity contribution in [3.05, 3.63) is 28.8 Å². The molecule has 1 rings (SSSR count). The molecule has 0 saturated heterocycles. The minimum atomic E-state index is -0.119. The fourth-order valence-corrected chi connectivity index (χ4v) is 2.27. The minimum absolute atomic E-state index is 0.119. The third-order valence-electron chi connectivity index (χ3n) is 3.24. The largest absolute Gasteiger partial charge is 0.496 e. The number of methoxy groups -OCH3 is 1. The number of esters is 1. The van der Waals surface area contributed by atoms with Crippen molar-refractivity contribution in [1.82, 2.24) is 0 Å². The van der Waals surface area contributed by atoms with Crippen molar-refractivity contribution in [2.24, 2.45) is 5.92 Å². The van der Waals surface area contributed by atoms with Gasteiger partial charge in [0.2, 0.25) is 0 Å². The molecule has 0 aliphatic carbocycles. The molecule has 0 aliphatic heterocycles. The van der Waals surface area contributed by atoms with Crippen LogP contribution in [0.4, 0.5) is 0 Å². The van der Waals surface area contributed by atoms with Gasteiger partial charge in [0.25, 0.3) is 0 Å². The second kappa shape index (κ2) is 7.17. The summed E-state index contributed by atoms with van der Waals surface area (Å²) in [7, 11) is 1.68. The Morgan fingerprint density at radius 2 is 1.95 bits per heavy atom. The average molecular weight is 264 g/mol. The van der Waals surface area contributed by atoms with Crippen LogP contribution in [0.25, 0.3) is 0 Å². The van der Waals surface area contributed by atoms with Gasteiger partial charge in [-0.15, -0.1) is 0 Å². The normalized spacial score (nSPS) is 12.1. The molecular weight excluding hydrogens is 240 g/mol. The first-order valence-corrected chi connectivity index (χ1v) is 6.77. The molecule has 3 nitrogen and oxygen atoms in total. The lowest BCUT2D eigenvalue weighted by atomic mass is 9.94. The van der Waals surface area contributed by atoms with E-state index in [1.165, 1.54) is 11.1 Å². The second-order valence-electron chi connectivity index (χ2n) is 5.07. The Kier molecular flexibility index (Phi) is 5.87. The molecule has 19 heavy (non-hydrogen) atoms. The number of hydrogen-bond acceptors (Lipinski definition) is 3. The number of carbonyl (C=O) groups is 1. The fraction of sp³-hybridized carbons (Fsp3) is 0.562. The van der Waals surface area contributed by atoms with Crippen molar-refractivity contribution >= 4 is 5.97 Å². The predicted molar refractivity (Wildman–Crippen MR) is 76.6 cm³/mol. The third-order valence-corrected chi connectivity index (χ3v) is 3.24. The molecule has 0 aliphatic rings. The highest BCUT2D eigenvalue weighted by molar-refractivity contribution is 5.69. The second-order valence-corrected chi connectivity index (χ2v) is 5.07.